The molecule has 0 aliphatic rings. The molecule has 0 N–H and O–H groups in total. The fourth-order valence-corrected chi connectivity index (χ4v) is 3.30. The van der Waals surface area contributed by atoms with Crippen molar-refractivity contribution in [3.05, 3.63) is 52.3 Å². The lowest BCUT2D eigenvalue weighted by Gasteiger charge is -2.14. The first-order valence-electron chi connectivity index (χ1n) is 7.32. The maximum atomic E-state index is 9.44. The molecule has 112 valence electrons. The first kappa shape index (κ1) is 14.7. The Morgan fingerprint density at radius 1 is 1.18 bits per heavy atom. The SMILES string of the molecule is CC(C)(C)c1nc2sc(CCc3ccccc3)nn2c1C#N. The highest BCUT2D eigenvalue weighted by Gasteiger charge is 2.25. The first-order valence-corrected chi connectivity index (χ1v) is 8.13. The van der Waals surface area contributed by atoms with Crippen molar-refractivity contribution in [2.24, 2.45) is 0 Å². The van der Waals surface area contributed by atoms with Crippen LogP contribution in [0.3, 0.4) is 0 Å². The lowest BCUT2D eigenvalue weighted by molar-refractivity contribution is 0.570. The van der Waals surface area contributed by atoms with Gasteiger partial charge in [-0.3, -0.25) is 0 Å². The smallest absolute Gasteiger partial charge is 0.213 e. The van der Waals surface area contributed by atoms with Crippen LogP contribution in [-0.2, 0) is 18.3 Å². The van der Waals surface area contributed by atoms with Gasteiger partial charge in [0.1, 0.15) is 11.1 Å². The van der Waals surface area contributed by atoms with Crippen molar-refractivity contribution in [2.45, 2.75) is 39.0 Å². The molecular weight excluding hydrogens is 292 g/mol. The van der Waals surface area contributed by atoms with Crippen molar-refractivity contribution in [1.82, 2.24) is 14.6 Å². The molecule has 0 aliphatic heterocycles. The zero-order valence-electron chi connectivity index (χ0n) is 13.0. The standard InChI is InChI=1S/C17H18N4S/c1-17(2,3)15-13(11-18)21-16(19-15)22-14(20-21)10-9-12-7-5-4-6-8-12/h4-8H,9-10H2,1-3H3. The van der Waals surface area contributed by atoms with E-state index in [-0.39, 0.29) is 5.41 Å². The van der Waals surface area contributed by atoms with Gasteiger partial charge in [-0.2, -0.15) is 14.9 Å². The molecule has 0 aliphatic carbocycles. The highest BCUT2D eigenvalue weighted by Crippen LogP contribution is 2.28. The maximum absolute atomic E-state index is 9.44. The number of rotatable bonds is 3. The Morgan fingerprint density at radius 2 is 1.91 bits per heavy atom. The second-order valence-electron chi connectivity index (χ2n) is 6.35. The van der Waals surface area contributed by atoms with Crippen LogP contribution in [0.5, 0.6) is 0 Å². The Hall–Kier alpha value is -2.19. The van der Waals surface area contributed by atoms with E-state index in [1.165, 1.54) is 5.56 Å². The molecule has 2 heterocycles. The van der Waals surface area contributed by atoms with Crippen molar-refractivity contribution >= 4 is 16.3 Å². The Balaban J connectivity index is 1.88. The van der Waals surface area contributed by atoms with Gasteiger partial charge in [-0.25, -0.2) is 4.98 Å². The minimum absolute atomic E-state index is 0.150. The van der Waals surface area contributed by atoms with Crippen LogP contribution in [0.2, 0.25) is 0 Å². The Kier molecular flexibility index (Phi) is 3.71. The van der Waals surface area contributed by atoms with E-state index in [2.05, 4.69) is 49.1 Å². The summed E-state index contributed by atoms with van der Waals surface area (Å²) in [6.07, 6.45) is 1.82. The molecule has 0 saturated carbocycles. The van der Waals surface area contributed by atoms with Crippen LogP contribution in [0.15, 0.2) is 30.3 Å². The summed E-state index contributed by atoms with van der Waals surface area (Å²) < 4.78 is 1.70. The summed E-state index contributed by atoms with van der Waals surface area (Å²) in [5.41, 5.74) is 2.53. The van der Waals surface area contributed by atoms with Crippen LogP contribution in [0.4, 0.5) is 0 Å². The van der Waals surface area contributed by atoms with E-state index in [1.54, 1.807) is 15.9 Å². The normalized spacial score (nSPS) is 11.7. The maximum Gasteiger partial charge on any atom is 0.213 e. The third kappa shape index (κ3) is 2.75. The van der Waals surface area contributed by atoms with Crippen LogP contribution in [-0.4, -0.2) is 14.6 Å². The number of hydrogen-bond donors (Lipinski definition) is 0. The van der Waals surface area contributed by atoms with Gasteiger partial charge in [-0.15, -0.1) is 0 Å². The van der Waals surface area contributed by atoms with Crippen LogP contribution in [0.1, 0.15) is 42.7 Å². The summed E-state index contributed by atoms with van der Waals surface area (Å²) in [5, 5.41) is 15.0. The highest BCUT2D eigenvalue weighted by atomic mass is 32.1. The molecule has 3 rings (SSSR count). The third-order valence-corrected chi connectivity index (χ3v) is 4.50. The second kappa shape index (κ2) is 5.54. The van der Waals surface area contributed by atoms with Gasteiger partial charge >= 0.3 is 0 Å². The summed E-state index contributed by atoms with van der Waals surface area (Å²) in [6, 6.07) is 12.6. The summed E-state index contributed by atoms with van der Waals surface area (Å²) in [6.45, 7) is 6.20. The molecule has 3 aromatic rings. The van der Waals surface area contributed by atoms with Crippen LogP contribution in [0.25, 0.3) is 4.96 Å². The molecule has 0 amide bonds. The van der Waals surface area contributed by atoms with E-state index in [0.29, 0.717) is 5.69 Å². The molecule has 22 heavy (non-hydrogen) atoms. The molecule has 1 aromatic carbocycles. The Morgan fingerprint density at radius 3 is 2.55 bits per heavy atom. The fraction of sp³-hybridized carbons (Fsp3) is 0.353. The first-order chi connectivity index (χ1) is 10.5. The van der Waals surface area contributed by atoms with E-state index in [0.717, 1.165) is 28.5 Å². The van der Waals surface area contributed by atoms with E-state index < -0.39 is 0 Å². The third-order valence-electron chi connectivity index (χ3n) is 3.53. The van der Waals surface area contributed by atoms with Crippen molar-refractivity contribution in [2.75, 3.05) is 0 Å². The van der Waals surface area contributed by atoms with Crippen molar-refractivity contribution in [1.29, 1.82) is 5.26 Å². The van der Waals surface area contributed by atoms with Crippen molar-refractivity contribution in [3.8, 4) is 6.07 Å². The molecule has 2 aromatic heterocycles. The van der Waals surface area contributed by atoms with Gasteiger partial charge < -0.3 is 0 Å². The molecule has 0 radical (unpaired) electrons. The predicted octanol–water partition coefficient (Wildman–Crippen LogP) is 3.75. The zero-order valence-corrected chi connectivity index (χ0v) is 13.8. The monoisotopic (exact) mass is 310 g/mol. The van der Waals surface area contributed by atoms with Crippen molar-refractivity contribution in [3.63, 3.8) is 0 Å². The predicted molar refractivity (Wildman–Crippen MR) is 88.1 cm³/mol. The van der Waals surface area contributed by atoms with Crippen LogP contribution < -0.4 is 0 Å². The fourth-order valence-electron chi connectivity index (χ4n) is 2.41. The minimum Gasteiger partial charge on any atom is -0.221 e. The molecule has 5 heteroatoms. The molecule has 0 bridgehead atoms. The molecule has 4 nitrogen and oxygen atoms in total. The second-order valence-corrected chi connectivity index (χ2v) is 7.39. The minimum atomic E-state index is -0.150. The van der Waals surface area contributed by atoms with E-state index >= 15 is 0 Å². The van der Waals surface area contributed by atoms with Crippen molar-refractivity contribution < 1.29 is 0 Å². The zero-order chi connectivity index (χ0) is 15.7. The number of nitriles is 1. The number of benzene rings is 1. The van der Waals surface area contributed by atoms with E-state index in [4.69, 9.17) is 0 Å². The largest absolute Gasteiger partial charge is 0.221 e. The van der Waals surface area contributed by atoms with Gasteiger partial charge in [0, 0.05) is 11.8 Å². The number of fused-ring (bicyclic) bond motifs is 1. The Bertz CT molecular complexity index is 831. The lowest BCUT2D eigenvalue weighted by Crippen LogP contribution is -2.14. The molecule has 0 fully saturated rings. The van der Waals surface area contributed by atoms with Gasteiger partial charge in [-0.1, -0.05) is 62.4 Å². The molecule has 0 spiro atoms. The average Bonchev–Trinajstić information content (AvgIpc) is 3.02. The highest BCUT2D eigenvalue weighted by molar-refractivity contribution is 7.16. The molecular formula is C17H18N4S. The number of nitrogens with zero attached hydrogens (tertiary/aromatic N) is 4. The average molecular weight is 310 g/mol. The summed E-state index contributed by atoms with van der Waals surface area (Å²) in [5.74, 6) is 0. The number of aryl methyl sites for hydroxylation is 2. The van der Waals surface area contributed by atoms with Gasteiger partial charge in [0.05, 0.1) is 5.69 Å². The van der Waals surface area contributed by atoms with Gasteiger partial charge in [0.15, 0.2) is 5.69 Å². The quantitative estimate of drug-likeness (QED) is 0.740. The molecule has 0 atom stereocenters. The summed E-state index contributed by atoms with van der Waals surface area (Å²) >= 11 is 1.57. The molecule has 0 unspecified atom stereocenters. The van der Waals surface area contributed by atoms with Gasteiger partial charge in [0.25, 0.3) is 0 Å². The lowest BCUT2D eigenvalue weighted by atomic mass is 9.91. The van der Waals surface area contributed by atoms with E-state index in [9.17, 15) is 5.26 Å². The van der Waals surface area contributed by atoms with Gasteiger partial charge in [0.2, 0.25) is 4.96 Å². The van der Waals surface area contributed by atoms with Gasteiger partial charge in [-0.05, 0) is 12.0 Å². The van der Waals surface area contributed by atoms with Crippen LogP contribution >= 0.6 is 11.3 Å². The summed E-state index contributed by atoms with van der Waals surface area (Å²) in [7, 11) is 0. The number of imidazole rings is 1. The molecule has 0 saturated heterocycles. The number of aromatic nitrogens is 3. The van der Waals surface area contributed by atoms with E-state index in [1.807, 2.05) is 18.2 Å². The Labute approximate surface area is 134 Å². The summed E-state index contributed by atoms with van der Waals surface area (Å²) in [4.78, 5) is 5.44. The van der Waals surface area contributed by atoms with Crippen LogP contribution in [0, 0.1) is 11.3 Å². The topological polar surface area (TPSA) is 54.0 Å². The number of hydrogen-bond acceptors (Lipinski definition) is 4.